The molecule has 9 nitrogen and oxygen atoms in total. The number of carbonyl (C=O) groups is 2. The molecule has 3 rings (SSSR count). The summed E-state index contributed by atoms with van der Waals surface area (Å²) in [4.78, 5) is 32.9. The van der Waals surface area contributed by atoms with E-state index in [1.807, 2.05) is 54.9 Å². The quantitative estimate of drug-likeness (QED) is 0.543. The zero-order valence-corrected chi connectivity index (χ0v) is 20.0. The molecule has 31 heavy (non-hydrogen) atoms. The normalized spacial score (nSPS) is 10.8. The zero-order chi connectivity index (χ0) is 22.7. The van der Waals surface area contributed by atoms with Crippen molar-refractivity contribution in [1.82, 2.24) is 24.6 Å². The van der Waals surface area contributed by atoms with Gasteiger partial charge in [0.25, 0.3) is 5.91 Å². The van der Waals surface area contributed by atoms with Crippen molar-refractivity contribution in [3.63, 3.8) is 0 Å². The minimum absolute atomic E-state index is 0.130. The molecule has 0 aliphatic carbocycles. The van der Waals surface area contributed by atoms with E-state index in [0.717, 1.165) is 17.1 Å². The Morgan fingerprint density at radius 3 is 2.61 bits per heavy atom. The van der Waals surface area contributed by atoms with Gasteiger partial charge in [-0.3, -0.25) is 9.59 Å². The molecule has 0 saturated carbocycles. The molecule has 0 saturated heterocycles. The monoisotopic (exact) mass is 459 g/mol. The molecule has 164 valence electrons. The van der Waals surface area contributed by atoms with Crippen LogP contribution in [0.25, 0.3) is 11.4 Å². The Labute approximate surface area is 189 Å². The lowest BCUT2D eigenvalue weighted by Crippen LogP contribution is -2.21. The van der Waals surface area contributed by atoms with E-state index in [4.69, 9.17) is 0 Å². The van der Waals surface area contributed by atoms with E-state index < -0.39 is 0 Å². The van der Waals surface area contributed by atoms with Crippen molar-refractivity contribution >= 4 is 45.7 Å². The number of aryl methyl sites for hydroxylation is 1. The highest BCUT2D eigenvalue weighted by atomic mass is 32.2. The number of anilines is 2. The molecule has 0 fully saturated rings. The second-order valence-corrected chi connectivity index (χ2v) is 9.22. The first-order valence-electron chi connectivity index (χ1n) is 9.46. The Balaban J connectivity index is 1.65. The highest BCUT2D eigenvalue weighted by molar-refractivity contribution is 7.99. The van der Waals surface area contributed by atoms with Crippen molar-refractivity contribution in [2.45, 2.75) is 12.1 Å². The van der Waals surface area contributed by atoms with E-state index >= 15 is 0 Å². The third-order valence-electron chi connectivity index (χ3n) is 4.43. The Morgan fingerprint density at radius 1 is 1.19 bits per heavy atom. The number of hydrogen-bond acceptors (Lipinski definition) is 8. The van der Waals surface area contributed by atoms with Gasteiger partial charge >= 0.3 is 0 Å². The van der Waals surface area contributed by atoms with Gasteiger partial charge in [0.2, 0.25) is 5.91 Å². The number of benzene rings is 1. The van der Waals surface area contributed by atoms with Crippen LogP contribution in [-0.2, 0) is 11.8 Å². The summed E-state index contributed by atoms with van der Waals surface area (Å²) in [6.45, 7) is 1.75. The third-order valence-corrected chi connectivity index (χ3v) is 6.51. The molecule has 0 bridgehead atoms. The smallest absolute Gasteiger partial charge is 0.265 e. The molecule has 11 heteroatoms. The molecule has 0 aliphatic rings. The molecule has 2 aromatic heterocycles. The molecule has 0 atom stereocenters. The van der Waals surface area contributed by atoms with E-state index in [1.165, 1.54) is 28.0 Å². The van der Waals surface area contributed by atoms with Crippen LogP contribution in [0, 0.1) is 6.92 Å². The molecule has 3 aromatic rings. The number of amides is 2. The van der Waals surface area contributed by atoms with Gasteiger partial charge in [-0.1, -0.05) is 35.2 Å². The number of hydrogen-bond donors (Lipinski definition) is 1. The van der Waals surface area contributed by atoms with Gasteiger partial charge in [0, 0.05) is 46.5 Å². The molecule has 0 unspecified atom stereocenters. The number of thioether (sulfide) groups is 1. The van der Waals surface area contributed by atoms with E-state index in [-0.39, 0.29) is 17.6 Å². The Kier molecular flexibility index (Phi) is 6.96. The average molecular weight is 460 g/mol. The standard InChI is InChI=1S/C20H25N7O2S2/c1-12-16(18(29)26(4)5)31-19(21-12)22-15(28)11-30-20-24-23-17(27(20)6)13-8-7-9-14(10-13)25(2)3/h7-10H,11H2,1-6H3,(H,21,22,28). The van der Waals surface area contributed by atoms with Crippen molar-refractivity contribution in [2.24, 2.45) is 7.05 Å². The maximum absolute atomic E-state index is 12.4. The highest BCUT2D eigenvalue weighted by Gasteiger charge is 2.19. The summed E-state index contributed by atoms with van der Waals surface area (Å²) in [5.41, 5.74) is 2.62. The number of rotatable bonds is 7. The van der Waals surface area contributed by atoms with Crippen LogP contribution in [0.4, 0.5) is 10.8 Å². The molecular weight excluding hydrogens is 434 g/mol. The second-order valence-electron chi connectivity index (χ2n) is 7.28. The van der Waals surface area contributed by atoms with Crippen LogP contribution in [-0.4, -0.2) is 70.4 Å². The van der Waals surface area contributed by atoms with Crippen LogP contribution in [0.2, 0.25) is 0 Å². The fourth-order valence-electron chi connectivity index (χ4n) is 2.75. The Morgan fingerprint density at radius 2 is 1.94 bits per heavy atom. The first-order chi connectivity index (χ1) is 14.7. The van der Waals surface area contributed by atoms with Crippen LogP contribution < -0.4 is 10.2 Å². The van der Waals surface area contributed by atoms with Gasteiger partial charge in [-0.15, -0.1) is 10.2 Å². The fraction of sp³-hybridized carbons (Fsp3) is 0.350. The first kappa shape index (κ1) is 22.8. The van der Waals surface area contributed by atoms with E-state index in [9.17, 15) is 9.59 Å². The summed E-state index contributed by atoms with van der Waals surface area (Å²) in [5.74, 6) is 0.532. The van der Waals surface area contributed by atoms with Crippen LogP contribution >= 0.6 is 23.1 Å². The lowest BCUT2D eigenvalue weighted by molar-refractivity contribution is -0.113. The van der Waals surface area contributed by atoms with Crippen molar-refractivity contribution in [1.29, 1.82) is 0 Å². The average Bonchev–Trinajstić information content (AvgIpc) is 3.27. The van der Waals surface area contributed by atoms with E-state index in [0.29, 0.717) is 20.9 Å². The summed E-state index contributed by atoms with van der Waals surface area (Å²) in [5, 5.41) is 12.3. The molecular formula is C20H25N7O2S2. The lowest BCUT2D eigenvalue weighted by Gasteiger charge is -2.13. The SMILES string of the molecule is Cc1nc(NC(=O)CSc2nnc(-c3cccc(N(C)C)c3)n2C)sc1C(=O)N(C)C. The van der Waals surface area contributed by atoms with Gasteiger partial charge in [0.15, 0.2) is 16.1 Å². The number of carbonyl (C=O) groups excluding carboxylic acids is 2. The van der Waals surface area contributed by atoms with E-state index in [1.54, 1.807) is 21.0 Å². The minimum Gasteiger partial charge on any atom is -0.378 e. The fourth-order valence-corrected chi connectivity index (χ4v) is 4.47. The maximum atomic E-state index is 12.4. The van der Waals surface area contributed by atoms with Crippen molar-refractivity contribution in [3.05, 3.63) is 34.8 Å². The predicted octanol–water partition coefficient (Wildman–Crippen LogP) is 2.75. The van der Waals surface area contributed by atoms with Gasteiger partial charge in [-0.2, -0.15) is 0 Å². The predicted molar refractivity (Wildman–Crippen MR) is 125 cm³/mol. The first-order valence-corrected chi connectivity index (χ1v) is 11.3. The van der Waals surface area contributed by atoms with Crippen LogP contribution in [0.3, 0.4) is 0 Å². The molecule has 1 N–H and O–H groups in total. The summed E-state index contributed by atoms with van der Waals surface area (Å²) in [6, 6.07) is 8.03. The third kappa shape index (κ3) is 5.23. The van der Waals surface area contributed by atoms with Gasteiger partial charge in [0.1, 0.15) is 4.88 Å². The minimum atomic E-state index is -0.221. The van der Waals surface area contributed by atoms with Crippen molar-refractivity contribution in [2.75, 3.05) is 44.2 Å². The van der Waals surface area contributed by atoms with Crippen LogP contribution in [0.1, 0.15) is 15.4 Å². The molecule has 0 radical (unpaired) electrons. The Hall–Kier alpha value is -2.92. The van der Waals surface area contributed by atoms with E-state index in [2.05, 4.69) is 20.5 Å². The zero-order valence-electron chi connectivity index (χ0n) is 18.3. The molecule has 1 aromatic carbocycles. The topological polar surface area (TPSA) is 96.2 Å². The summed E-state index contributed by atoms with van der Waals surface area (Å²) >= 11 is 2.46. The summed E-state index contributed by atoms with van der Waals surface area (Å²) in [7, 11) is 9.21. The van der Waals surface area contributed by atoms with Gasteiger partial charge in [0.05, 0.1) is 11.4 Å². The van der Waals surface area contributed by atoms with Crippen LogP contribution in [0.15, 0.2) is 29.4 Å². The summed E-state index contributed by atoms with van der Waals surface area (Å²) in [6.07, 6.45) is 0. The van der Waals surface area contributed by atoms with Crippen molar-refractivity contribution < 1.29 is 9.59 Å². The van der Waals surface area contributed by atoms with Gasteiger partial charge in [-0.05, 0) is 19.1 Å². The number of nitrogens with one attached hydrogen (secondary N) is 1. The second kappa shape index (κ2) is 9.48. The molecule has 0 spiro atoms. The number of nitrogens with zero attached hydrogens (tertiary/aromatic N) is 6. The molecule has 2 amide bonds. The van der Waals surface area contributed by atoms with Gasteiger partial charge in [-0.25, -0.2) is 4.98 Å². The maximum Gasteiger partial charge on any atom is 0.265 e. The molecule has 0 aliphatic heterocycles. The van der Waals surface area contributed by atoms with Crippen molar-refractivity contribution in [3.8, 4) is 11.4 Å². The van der Waals surface area contributed by atoms with Gasteiger partial charge < -0.3 is 19.7 Å². The summed E-state index contributed by atoms with van der Waals surface area (Å²) < 4.78 is 1.87. The van der Waals surface area contributed by atoms with Crippen LogP contribution in [0.5, 0.6) is 0 Å². The Bertz CT molecular complexity index is 1100. The highest BCUT2D eigenvalue weighted by Crippen LogP contribution is 2.27. The largest absolute Gasteiger partial charge is 0.378 e. The lowest BCUT2D eigenvalue weighted by atomic mass is 10.2. The number of aromatic nitrogens is 4. The number of thiazole rings is 1. The molecule has 2 heterocycles.